The second kappa shape index (κ2) is 6.61. The van der Waals surface area contributed by atoms with Crippen LogP contribution < -0.4 is 10.9 Å². The van der Waals surface area contributed by atoms with Crippen LogP contribution in [0.15, 0.2) is 41.3 Å². The molecule has 0 aliphatic carbocycles. The van der Waals surface area contributed by atoms with E-state index in [2.05, 4.69) is 15.0 Å². The van der Waals surface area contributed by atoms with Crippen molar-refractivity contribution in [2.24, 2.45) is 0 Å². The van der Waals surface area contributed by atoms with Crippen molar-refractivity contribution in [3.8, 4) is 0 Å². The Morgan fingerprint density at radius 1 is 1.18 bits per heavy atom. The summed E-state index contributed by atoms with van der Waals surface area (Å²) in [5.41, 5.74) is -0.880. The van der Waals surface area contributed by atoms with Gasteiger partial charge in [0.2, 0.25) is 0 Å². The van der Waals surface area contributed by atoms with Crippen LogP contribution in [0.3, 0.4) is 0 Å². The number of anilines is 1. The minimum atomic E-state index is -1.12. The van der Waals surface area contributed by atoms with E-state index < -0.39 is 35.7 Å². The highest BCUT2D eigenvalue weighted by Crippen LogP contribution is 2.12. The number of aromatic nitrogens is 1. The van der Waals surface area contributed by atoms with Crippen LogP contribution in [-0.4, -0.2) is 23.5 Å². The molecule has 0 aliphatic heterocycles. The zero-order valence-electron chi connectivity index (χ0n) is 11.1. The lowest BCUT2D eigenvalue weighted by Gasteiger charge is -2.06. The highest BCUT2D eigenvalue weighted by molar-refractivity contribution is 5.95. The van der Waals surface area contributed by atoms with E-state index in [1.165, 1.54) is 18.3 Å². The molecule has 0 fully saturated rings. The summed E-state index contributed by atoms with van der Waals surface area (Å²) in [5, 5.41) is 2.22. The maximum atomic E-state index is 13.0. The molecule has 0 unspecified atom stereocenters. The molecule has 0 radical (unpaired) electrons. The van der Waals surface area contributed by atoms with E-state index in [-0.39, 0.29) is 11.3 Å². The SMILES string of the molecule is O=C(COC(=O)c1ccc[nH]c1=O)Nc1ccc(F)c(F)c1. The molecule has 1 aromatic carbocycles. The van der Waals surface area contributed by atoms with E-state index in [9.17, 15) is 23.2 Å². The van der Waals surface area contributed by atoms with Gasteiger partial charge in [0.15, 0.2) is 18.2 Å². The number of hydrogen-bond acceptors (Lipinski definition) is 4. The number of amides is 1. The van der Waals surface area contributed by atoms with E-state index in [0.29, 0.717) is 0 Å². The van der Waals surface area contributed by atoms with Crippen LogP contribution in [-0.2, 0) is 9.53 Å². The number of hydrogen-bond donors (Lipinski definition) is 2. The van der Waals surface area contributed by atoms with E-state index >= 15 is 0 Å². The number of carbonyl (C=O) groups is 2. The largest absolute Gasteiger partial charge is 0.452 e. The van der Waals surface area contributed by atoms with Crippen LogP contribution in [0, 0.1) is 11.6 Å². The molecule has 0 saturated carbocycles. The van der Waals surface area contributed by atoms with Crippen molar-refractivity contribution < 1.29 is 23.1 Å². The van der Waals surface area contributed by atoms with Crippen molar-refractivity contribution in [1.29, 1.82) is 0 Å². The summed E-state index contributed by atoms with van der Waals surface area (Å²) < 4.78 is 30.3. The number of esters is 1. The van der Waals surface area contributed by atoms with Crippen LogP contribution in [0.25, 0.3) is 0 Å². The molecule has 114 valence electrons. The summed E-state index contributed by atoms with van der Waals surface area (Å²) in [5.74, 6) is -3.90. The van der Waals surface area contributed by atoms with Crippen molar-refractivity contribution in [2.45, 2.75) is 0 Å². The summed E-state index contributed by atoms with van der Waals surface area (Å²) in [4.78, 5) is 36.7. The van der Waals surface area contributed by atoms with E-state index in [1.54, 1.807) is 0 Å². The Morgan fingerprint density at radius 2 is 1.95 bits per heavy atom. The van der Waals surface area contributed by atoms with E-state index in [4.69, 9.17) is 0 Å². The predicted molar refractivity (Wildman–Crippen MR) is 72.3 cm³/mol. The third-order valence-corrected chi connectivity index (χ3v) is 2.58. The Kier molecular flexibility index (Phi) is 4.62. The quantitative estimate of drug-likeness (QED) is 0.837. The first-order valence-electron chi connectivity index (χ1n) is 6.07. The summed E-state index contributed by atoms with van der Waals surface area (Å²) in [6.07, 6.45) is 1.34. The summed E-state index contributed by atoms with van der Waals surface area (Å²) in [7, 11) is 0. The van der Waals surface area contributed by atoms with Crippen molar-refractivity contribution in [1.82, 2.24) is 4.98 Å². The molecule has 0 atom stereocenters. The Morgan fingerprint density at radius 3 is 2.64 bits per heavy atom. The molecule has 1 aromatic heterocycles. The highest BCUT2D eigenvalue weighted by Gasteiger charge is 2.13. The number of rotatable bonds is 4. The molecule has 0 saturated heterocycles. The normalized spacial score (nSPS) is 10.1. The second-order valence-electron chi connectivity index (χ2n) is 4.17. The fourth-order valence-corrected chi connectivity index (χ4v) is 1.56. The zero-order valence-corrected chi connectivity index (χ0v) is 11.1. The third kappa shape index (κ3) is 3.75. The molecule has 0 bridgehead atoms. The van der Waals surface area contributed by atoms with Gasteiger partial charge in [-0.1, -0.05) is 0 Å². The first kappa shape index (κ1) is 15.4. The van der Waals surface area contributed by atoms with Gasteiger partial charge in [-0.05, 0) is 24.3 Å². The number of aromatic amines is 1. The van der Waals surface area contributed by atoms with Crippen molar-refractivity contribution in [3.63, 3.8) is 0 Å². The Hall–Kier alpha value is -3.03. The van der Waals surface area contributed by atoms with Crippen LogP contribution in [0.1, 0.15) is 10.4 Å². The lowest BCUT2D eigenvalue weighted by Crippen LogP contribution is -2.24. The summed E-state index contributed by atoms with van der Waals surface area (Å²) in [6, 6.07) is 5.46. The monoisotopic (exact) mass is 308 g/mol. The molecule has 2 N–H and O–H groups in total. The fraction of sp³-hybridized carbons (Fsp3) is 0.0714. The van der Waals surface area contributed by atoms with Gasteiger partial charge in [0, 0.05) is 18.0 Å². The minimum absolute atomic E-state index is 0.0116. The number of benzene rings is 1. The molecule has 0 spiro atoms. The maximum Gasteiger partial charge on any atom is 0.344 e. The molecule has 0 aliphatic rings. The Bertz CT molecular complexity index is 773. The number of carbonyl (C=O) groups excluding carboxylic acids is 2. The van der Waals surface area contributed by atoms with Gasteiger partial charge in [-0.2, -0.15) is 0 Å². The molecular weight excluding hydrogens is 298 g/mol. The van der Waals surface area contributed by atoms with Gasteiger partial charge in [-0.15, -0.1) is 0 Å². The lowest BCUT2D eigenvalue weighted by molar-refractivity contribution is -0.119. The van der Waals surface area contributed by atoms with Gasteiger partial charge in [0.25, 0.3) is 11.5 Å². The van der Waals surface area contributed by atoms with E-state index in [1.807, 2.05) is 0 Å². The second-order valence-corrected chi connectivity index (χ2v) is 4.17. The van der Waals surface area contributed by atoms with Crippen LogP contribution in [0.4, 0.5) is 14.5 Å². The van der Waals surface area contributed by atoms with Crippen molar-refractivity contribution >= 4 is 17.6 Å². The standard InChI is InChI=1S/C14H10F2N2O4/c15-10-4-3-8(6-11(10)16)18-12(19)7-22-14(21)9-2-1-5-17-13(9)20/h1-6H,7H2,(H,17,20)(H,18,19). The minimum Gasteiger partial charge on any atom is -0.452 e. The smallest absolute Gasteiger partial charge is 0.344 e. The van der Waals surface area contributed by atoms with Crippen LogP contribution in [0.5, 0.6) is 0 Å². The molecule has 22 heavy (non-hydrogen) atoms. The molecule has 2 aromatic rings. The number of nitrogens with one attached hydrogen (secondary N) is 2. The van der Waals surface area contributed by atoms with Crippen molar-refractivity contribution in [3.05, 3.63) is 64.1 Å². The number of pyridine rings is 1. The topological polar surface area (TPSA) is 88.3 Å². The summed E-state index contributed by atoms with van der Waals surface area (Å²) in [6.45, 7) is -0.674. The van der Waals surface area contributed by atoms with Gasteiger partial charge in [0.05, 0.1) is 0 Å². The van der Waals surface area contributed by atoms with Crippen molar-refractivity contribution in [2.75, 3.05) is 11.9 Å². The van der Waals surface area contributed by atoms with Crippen LogP contribution in [0.2, 0.25) is 0 Å². The maximum absolute atomic E-state index is 13.0. The molecular formula is C14H10F2N2O4. The highest BCUT2D eigenvalue weighted by atomic mass is 19.2. The van der Waals surface area contributed by atoms with Gasteiger partial charge in [0.1, 0.15) is 5.56 Å². The Balaban J connectivity index is 1.93. The van der Waals surface area contributed by atoms with Gasteiger partial charge < -0.3 is 15.0 Å². The number of ether oxygens (including phenoxy) is 1. The average molecular weight is 308 g/mol. The first-order valence-corrected chi connectivity index (χ1v) is 6.07. The van der Waals surface area contributed by atoms with Crippen LogP contribution >= 0.6 is 0 Å². The fourth-order valence-electron chi connectivity index (χ4n) is 1.56. The molecule has 6 nitrogen and oxygen atoms in total. The number of H-pyrrole nitrogens is 1. The van der Waals surface area contributed by atoms with Gasteiger partial charge in [-0.25, -0.2) is 13.6 Å². The molecule has 1 heterocycles. The Labute approximate surface area is 122 Å². The van der Waals surface area contributed by atoms with Gasteiger partial charge in [-0.3, -0.25) is 9.59 Å². The molecule has 1 amide bonds. The summed E-state index contributed by atoms with van der Waals surface area (Å²) >= 11 is 0. The molecule has 8 heteroatoms. The predicted octanol–water partition coefficient (Wildman–Crippen LogP) is 1.45. The zero-order chi connectivity index (χ0) is 16.1. The average Bonchev–Trinajstić information content (AvgIpc) is 2.49. The van der Waals surface area contributed by atoms with Gasteiger partial charge >= 0.3 is 5.97 Å². The third-order valence-electron chi connectivity index (χ3n) is 2.58. The van der Waals surface area contributed by atoms with E-state index in [0.717, 1.165) is 18.2 Å². The number of halogens is 2. The lowest BCUT2D eigenvalue weighted by atomic mass is 10.3. The first-order chi connectivity index (χ1) is 10.5. The molecule has 2 rings (SSSR count).